The number of rotatable bonds is 4. The van der Waals surface area contributed by atoms with Gasteiger partial charge in [0.05, 0.1) is 11.4 Å². The van der Waals surface area contributed by atoms with Gasteiger partial charge in [-0.1, -0.05) is 23.9 Å². The van der Waals surface area contributed by atoms with Gasteiger partial charge in [0.2, 0.25) is 0 Å². The van der Waals surface area contributed by atoms with E-state index in [1.165, 1.54) is 0 Å². The number of benzene rings is 2. The van der Waals surface area contributed by atoms with Gasteiger partial charge in [0.1, 0.15) is 11.6 Å². The summed E-state index contributed by atoms with van der Waals surface area (Å²) >= 11 is 6.01. The van der Waals surface area contributed by atoms with Crippen molar-refractivity contribution in [1.29, 1.82) is 0 Å². The van der Waals surface area contributed by atoms with E-state index in [-0.39, 0.29) is 11.7 Å². The summed E-state index contributed by atoms with van der Waals surface area (Å²) in [5.74, 6) is 0. The third-order valence-electron chi connectivity index (χ3n) is 4.33. The number of aliphatic hydroxyl groups is 1. The number of likely N-dealkylation sites (N-methyl/N-ethyl adjacent to an activating group) is 1. The summed E-state index contributed by atoms with van der Waals surface area (Å²) in [5, 5.41) is 20.5. The second-order valence-corrected chi connectivity index (χ2v) is 8.18. The quantitative estimate of drug-likeness (QED) is 0.410. The highest BCUT2D eigenvalue weighted by Gasteiger charge is 2.32. The predicted molar refractivity (Wildman–Crippen MR) is 112 cm³/mol. The van der Waals surface area contributed by atoms with Crippen molar-refractivity contribution in [2.24, 2.45) is 4.99 Å². The molecule has 26 heavy (non-hydrogen) atoms. The first-order chi connectivity index (χ1) is 12.5. The second-order valence-electron chi connectivity index (χ2n) is 6.48. The molecule has 0 bridgehead atoms. The summed E-state index contributed by atoms with van der Waals surface area (Å²) in [5.41, 5.74) is 3.99. The van der Waals surface area contributed by atoms with E-state index >= 15 is 0 Å². The topological polar surface area (TPSA) is 71.9 Å². The molecule has 0 radical (unpaired) electrons. The predicted octanol–water partition coefficient (Wildman–Crippen LogP) is 2.94. The number of nitrogens with zero attached hydrogens (tertiary/aromatic N) is 2. The Bertz CT molecular complexity index is 857. The van der Waals surface area contributed by atoms with Crippen molar-refractivity contribution in [3.63, 3.8) is 0 Å². The molecule has 0 aliphatic carbocycles. The SMILES string of the molecule is CN(C)C(O)C1Nc2c(ccc3c2NC(Nc2cccc(S)c2)N=C3)S1. The summed E-state index contributed by atoms with van der Waals surface area (Å²) in [6, 6.07) is 12.0. The van der Waals surface area contributed by atoms with Crippen molar-refractivity contribution < 1.29 is 5.11 Å². The van der Waals surface area contributed by atoms with Gasteiger partial charge in [-0.2, -0.15) is 0 Å². The molecule has 3 atom stereocenters. The minimum absolute atomic E-state index is 0.112. The van der Waals surface area contributed by atoms with Gasteiger partial charge in [-0.15, -0.1) is 12.6 Å². The van der Waals surface area contributed by atoms with E-state index in [1.54, 1.807) is 16.7 Å². The molecular formula is C18H21N5OS2. The monoisotopic (exact) mass is 387 g/mol. The zero-order valence-corrected chi connectivity index (χ0v) is 16.2. The number of fused-ring (bicyclic) bond motifs is 3. The van der Waals surface area contributed by atoms with Crippen LogP contribution in [0.3, 0.4) is 0 Å². The maximum absolute atomic E-state index is 10.4. The molecule has 0 spiro atoms. The fraction of sp³-hybridized carbons (Fsp3) is 0.278. The van der Waals surface area contributed by atoms with Crippen molar-refractivity contribution in [3.05, 3.63) is 42.0 Å². The smallest absolute Gasteiger partial charge is 0.194 e. The molecule has 0 fully saturated rings. The summed E-state index contributed by atoms with van der Waals surface area (Å²) in [6.45, 7) is 0. The normalized spacial score (nSPS) is 21.6. The lowest BCUT2D eigenvalue weighted by molar-refractivity contribution is 0.0449. The maximum atomic E-state index is 10.4. The Hall–Kier alpha value is -1.87. The fourth-order valence-electron chi connectivity index (χ4n) is 2.97. The van der Waals surface area contributed by atoms with Crippen LogP contribution in [0, 0.1) is 0 Å². The van der Waals surface area contributed by atoms with Crippen LogP contribution in [0.5, 0.6) is 0 Å². The van der Waals surface area contributed by atoms with Gasteiger partial charge in [0.15, 0.2) is 6.29 Å². The number of nitrogens with one attached hydrogen (secondary N) is 3. The zero-order valence-electron chi connectivity index (χ0n) is 14.5. The van der Waals surface area contributed by atoms with Crippen LogP contribution in [-0.4, -0.2) is 48.2 Å². The van der Waals surface area contributed by atoms with Gasteiger partial charge in [0, 0.05) is 27.3 Å². The fourth-order valence-corrected chi connectivity index (χ4v) is 4.44. The minimum atomic E-state index is -0.577. The molecule has 0 amide bonds. The van der Waals surface area contributed by atoms with Crippen molar-refractivity contribution in [2.45, 2.75) is 27.7 Å². The lowest BCUT2D eigenvalue weighted by Gasteiger charge is -2.26. The number of hydrogen-bond donors (Lipinski definition) is 5. The third kappa shape index (κ3) is 3.37. The molecular weight excluding hydrogens is 366 g/mol. The van der Waals surface area contributed by atoms with E-state index < -0.39 is 6.23 Å². The molecule has 2 aliphatic heterocycles. The minimum Gasteiger partial charge on any atom is -0.375 e. The summed E-state index contributed by atoms with van der Waals surface area (Å²) in [7, 11) is 3.73. The van der Waals surface area contributed by atoms with Gasteiger partial charge in [0.25, 0.3) is 0 Å². The van der Waals surface area contributed by atoms with Crippen LogP contribution in [0.1, 0.15) is 5.56 Å². The summed E-state index contributed by atoms with van der Waals surface area (Å²) < 4.78 is 0. The van der Waals surface area contributed by atoms with Gasteiger partial charge >= 0.3 is 0 Å². The molecule has 2 aliphatic rings. The highest BCUT2D eigenvalue weighted by molar-refractivity contribution is 8.00. The van der Waals surface area contributed by atoms with Crippen LogP contribution in [0.4, 0.5) is 17.1 Å². The Kier molecular flexibility index (Phi) is 4.74. The van der Waals surface area contributed by atoms with E-state index in [4.69, 9.17) is 0 Å². The number of hydrogen-bond acceptors (Lipinski definition) is 8. The molecule has 4 N–H and O–H groups in total. The Labute approximate surface area is 162 Å². The summed E-state index contributed by atoms with van der Waals surface area (Å²) in [6.07, 6.45) is 1.03. The molecule has 6 nitrogen and oxygen atoms in total. The number of thiol groups is 1. The van der Waals surface area contributed by atoms with Gasteiger partial charge in [-0.25, -0.2) is 4.99 Å². The van der Waals surface area contributed by atoms with E-state index in [2.05, 4.69) is 39.6 Å². The first-order valence-corrected chi connectivity index (χ1v) is 9.64. The Morgan fingerprint density at radius 1 is 1.23 bits per heavy atom. The lowest BCUT2D eigenvalue weighted by Crippen LogP contribution is -2.39. The van der Waals surface area contributed by atoms with E-state index in [0.29, 0.717) is 0 Å². The van der Waals surface area contributed by atoms with Crippen molar-refractivity contribution in [1.82, 2.24) is 4.90 Å². The number of anilines is 3. The first kappa shape index (κ1) is 17.5. The number of thioether (sulfide) groups is 1. The average Bonchev–Trinajstić information content (AvgIpc) is 3.05. The molecule has 0 aromatic heterocycles. The molecule has 0 saturated carbocycles. The molecule has 2 heterocycles. The van der Waals surface area contributed by atoms with E-state index in [9.17, 15) is 5.11 Å². The van der Waals surface area contributed by atoms with Crippen LogP contribution in [-0.2, 0) is 0 Å². The average molecular weight is 388 g/mol. The largest absolute Gasteiger partial charge is 0.375 e. The van der Waals surface area contributed by atoms with Crippen LogP contribution >= 0.6 is 24.4 Å². The molecule has 136 valence electrons. The molecule has 8 heteroatoms. The highest BCUT2D eigenvalue weighted by Crippen LogP contribution is 2.46. The van der Waals surface area contributed by atoms with Gasteiger partial charge in [-0.3, -0.25) is 4.90 Å². The Balaban J connectivity index is 1.56. The van der Waals surface area contributed by atoms with Crippen LogP contribution in [0.15, 0.2) is 51.2 Å². The maximum Gasteiger partial charge on any atom is 0.194 e. The molecule has 0 saturated heterocycles. The van der Waals surface area contributed by atoms with Crippen molar-refractivity contribution >= 4 is 47.7 Å². The number of aliphatic hydroxyl groups excluding tert-OH is 1. The zero-order chi connectivity index (χ0) is 18.3. The van der Waals surface area contributed by atoms with Gasteiger partial charge < -0.3 is 21.1 Å². The standard InChI is InChI=1S/C18H21N5OS2/c1-23(2)17(24)16-21-15-13(26-16)7-6-10-9-19-18(22-14(10)15)20-11-4-3-5-12(25)8-11/h3-9,16-18,20-22,24-25H,1-2H3. The van der Waals surface area contributed by atoms with Crippen LogP contribution in [0.25, 0.3) is 0 Å². The molecule has 3 unspecified atom stereocenters. The molecule has 2 aromatic carbocycles. The van der Waals surface area contributed by atoms with Crippen molar-refractivity contribution in [2.75, 3.05) is 30.0 Å². The summed E-state index contributed by atoms with van der Waals surface area (Å²) in [4.78, 5) is 8.35. The Morgan fingerprint density at radius 2 is 2.08 bits per heavy atom. The molecule has 4 rings (SSSR count). The third-order valence-corrected chi connectivity index (χ3v) is 5.82. The van der Waals surface area contributed by atoms with Crippen LogP contribution < -0.4 is 16.0 Å². The van der Waals surface area contributed by atoms with Crippen LogP contribution in [0.2, 0.25) is 0 Å². The second kappa shape index (κ2) is 7.03. The first-order valence-electron chi connectivity index (χ1n) is 8.31. The van der Waals surface area contributed by atoms with Gasteiger partial charge in [-0.05, 0) is 38.4 Å². The van der Waals surface area contributed by atoms with E-state index in [0.717, 1.165) is 32.4 Å². The number of aliphatic imine (C=N–C) groups is 1. The Morgan fingerprint density at radius 3 is 2.85 bits per heavy atom. The van der Waals surface area contributed by atoms with Crippen molar-refractivity contribution in [3.8, 4) is 0 Å². The molecule has 2 aromatic rings. The van der Waals surface area contributed by atoms with E-state index in [1.807, 2.05) is 50.6 Å². The lowest BCUT2D eigenvalue weighted by atomic mass is 10.1. The highest BCUT2D eigenvalue weighted by atomic mass is 32.2.